The Hall–Kier alpha value is -1.75. The number of ether oxygens (including phenoxy) is 3. The van der Waals surface area contributed by atoms with Crippen LogP contribution < -0.4 is 9.47 Å². The Morgan fingerprint density at radius 3 is 2.63 bits per heavy atom. The summed E-state index contributed by atoms with van der Waals surface area (Å²) in [7, 11) is 2.91. The number of benzene rings is 1. The number of rotatable bonds is 7. The molecule has 0 aliphatic rings. The first-order chi connectivity index (χ1) is 9.08. The molecule has 0 fully saturated rings. The highest BCUT2D eigenvalue weighted by Crippen LogP contribution is 2.30. The summed E-state index contributed by atoms with van der Waals surface area (Å²) in [6, 6.07) is 5.27. The van der Waals surface area contributed by atoms with Gasteiger partial charge in [-0.3, -0.25) is 4.79 Å². The first-order valence-electron chi connectivity index (χ1n) is 6.14. The van der Waals surface area contributed by atoms with E-state index in [-0.39, 0.29) is 5.97 Å². The van der Waals surface area contributed by atoms with E-state index in [9.17, 15) is 9.90 Å². The van der Waals surface area contributed by atoms with Gasteiger partial charge in [-0.1, -0.05) is 6.07 Å². The number of hydrogen-bond donors (Lipinski definition) is 1. The van der Waals surface area contributed by atoms with Crippen molar-refractivity contribution in [3.63, 3.8) is 0 Å². The summed E-state index contributed by atoms with van der Waals surface area (Å²) in [5.74, 6) is 0.910. The van der Waals surface area contributed by atoms with Gasteiger partial charge in [-0.15, -0.1) is 0 Å². The number of aliphatic hydroxyl groups is 1. The van der Waals surface area contributed by atoms with Gasteiger partial charge in [0.2, 0.25) is 0 Å². The number of carbonyl (C=O) groups is 1. The van der Waals surface area contributed by atoms with Crippen molar-refractivity contribution in [3.05, 3.63) is 23.8 Å². The largest absolute Gasteiger partial charge is 0.493 e. The minimum absolute atomic E-state index is 0.250. The van der Waals surface area contributed by atoms with E-state index in [2.05, 4.69) is 4.74 Å². The molecule has 0 aliphatic heterocycles. The molecule has 1 atom stereocenters. The zero-order valence-electron chi connectivity index (χ0n) is 11.5. The van der Waals surface area contributed by atoms with Crippen LogP contribution in [0.5, 0.6) is 11.5 Å². The molecule has 0 aromatic heterocycles. The van der Waals surface area contributed by atoms with Gasteiger partial charge in [-0.25, -0.2) is 0 Å². The van der Waals surface area contributed by atoms with E-state index in [1.54, 1.807) is 32.2 Å². The van der Waals surface area contributed by atoms with Crippen LogP contribution in [0, 0.1) is 0 Å². The second-order valence-corrected chi connectivity index (χ2v) is 4.11. The molecule has 106 valence electrons. The molecule has 0 radical (unpaired) electrons. The summed E-state index contributed by atoms with van der Waals surface area (Å²) in [5, 5.41) is 9.49. The lowest BCUT2D eigenvalue weighted by molar-refractivity contribution is -0.140. The smallest absolute Gasteiger partial charge is 0.305 e. The number of esters is 1. The second kappa shape index (κ2) is 7.63. The van der Waals surface area contributed by atoms with Gasteiger partial charge in [-0.2, -0.15) is 0 Å². The summed E-state index contributed by atoms with van der Waals surface area (Å²) >= 11 is 0. The third-order valence-corrected chi connectivity index (χ3v) is 2.68. The van der Waals surface area contributed by atoms with Crippen LogP contribution in [0.15, 0.2) is 18.2 Å². The molecule has 19 heavy (non-hydrogen) atoms. The molecule has 5 nitrogen and oxygen atoms in total. The van der Waals surface area contributed by atoms with Crippen molar-refractivity contribution in [2.75, 3.05) is 20.8 Å². The second-order valence-electron chi connectivity index (χ2n) is 4.11. The van der Waals surface area contributed by atoms with Gasteiger partial charge in [0.1, 0.15) is 0 Å². The van der Waals surface area contributed by atoms with E-state index >= 15 is 0 Å². The molecule has 1 rings (SSSR count). The molecule has 1 aromatic rings. The van der Waals surface area contributed by atoms with Crippen LogP contribution in [0.3, 0.4) is 0 Å². The highest BCUT2D eigenvalue weighted by Gasteiger charge is 2.09. The standard InChI is InChI=1S/C14H20O5/c1-10(15)11-6-7-12(13(9-11)17-2)19-8-4-5-14(16)18-3/h6-7,9-10,15H,4-5,8H2,1-3H3. The molecule has 1 aromatic carbocycles. The summed E-state index contributed by atoms with van der Waals surface area (Å²) < 4.78 is 15.3. The summed E-state index contributed by atoms with van der Waals surface area (Å²) in [6.45, 7) is 2.09. The van der Waals surface area contributed by atoms with Crippen molar-refractivity contribution in [1.82, 2.24) is 0 Å². The predicted octanol–water partition coefficient (Wildman–Crippen LogP) is 2.08. The van der Waals surface area contributed by atoms with Crippen molar-refractivity contribution in [3.8, 4) is 11.5 Å². The molecule has 0 heterocycles. The number of aliphatic hydroxyl groups excluding tert-OH is 1. The van der Waals surface area contributed by atoms with Crippen molar-refractivity contribution < 1.29 is 24.1 Å². The molecule has 0 amide bonds. The summed E-state index contributed by atoms with van der Waals surface area (Å²) in [5.41, 5.74) is 0.763. The monoisotopic (exact) mass is 268 g/mol. The van der Waals surface area contributed by atoms with E-state index in [1.807, 2.05) is 0 Å². The molecule has 1 unspecified atom stereocenters. The Bertz CT molecular complexity index is 414. The van der Waals surface area contributed by atoms with Crippen LogP contribution in [0.1, 0.15) is 31.4 Å². The maximum absolute atomic E-state index is 10.9. The first kappa shape index (κ1) is 15.3. The van der Waals surface area contributed by atoms with Gasteiger partial charge in [-0.05, 0) is 31.0 Å². The molecule has 5 heteroatoms. The van der Waals surface area contributed by atoms with Gasteiger partial charge in [0.05, 0.1) is 26.9 Å². The normalized spacial score (nSPS) is 11.8. The minimum Gasteiger partial charge on any atom is -0.493 e. The van der Waals surface area contributed by atoms with E-state index in [1.165, 1.54) is 7.11 Å². The Morgan fingerprint density at radius 1 is 1.32 bits per heavy atom. The third-order valence-electron chi connectivity index (χ3n) is 2.68. The molecule has 0 saturated heterocycles. The van der Waals surface area contributed by atoms with Crippen LogP contribution in [-0.4, -0.2) is 31.9 Å². The lowest BCUT2D eigenvalue weighted by Crippen LogP contribution is -2.05. The van der Waals surface area contributed by atoms with Gasteiger partial charge in [0.25, 0.3) is 0 Å². The number of carbonyl (C=O) groups excluding carboxylic acids is 1. The first-order valence-corrected chi connectivity index (χ1v) is 6.14. The van der Waals surface area contributed by atoms with E-state index in [4.69, 9.17) is 9.47 Å². The zero-order chi connectivity index (χ0) is 14.3. The Labute approximate surface area is 113 Å². The quantitative estimate of drug-likeness (QED) is 0.606. The molecule has 0 aliphatic carbocycles. The van der Waals surface area contributed by atoms with Crippen LogP contribution >= 0.6 is 0 Å². The van der Waals surface area contributed by atoms with Crippen molar-refractivity contribution in [1.29, 1.82) is 0 Å². The lowest BCUT2D eigenvalue weighted by atomic mass is 10.1. The molecule has 0 spiro atoms. The SMILES string of the molecule is COC(=O)CCCOc1ccc(C(C)O)cc1OC. The van der Waals surface area contributed by atoms with E-state index < -0.39 is 6.10 Å². The van der Waals surface area contributed by atoms with Crippen LogP contribution in [0.4, 0.5) is 0 Å². The van der Waals surface area contributed by atoms with Crippen molar-refractivity contribution in [2.45, 2.75) is 25.9 Å². The Kier molecular flexibility index (Phi) is 6.15. The minimum atomic E-state index is -0.553. The fraction of sp³-hybridized carbons (Fsp3) is 0.500. The summed E-state index contributed by atoms with van der Waals surface area (Å²) in [6.07, 6.45) is 0.348. The fourth-order valence-corrected chi connectivity index (χ4v) is 1.56. The van der Waals surface area contributed by atoms with Crippen LogP contribution in [0.2, 0.25) is 0 Å². The average molecular weight is 268 g/mol. The van der Waals surface area contributed by atoms with Crippen LogP contribution in [-0.2, 0) is 9.53 Å². The molecular weight excluding hydrogens is 248 g/mol. The van der Waals surface area contributed by atoms with Crippen molar-refractivity contribution >= 4 is 5.97 Å². The highest BCUT2D eigenvalue weighted by atomic mass is 16.5. The topological polar surface area (TPSA) is 65.0 Å². The van der Waals surface area contributed by atoms with Crippen LogP contribution in [0.25, 0.3) is 0 Å². The third kappa shape index (κ3) is 4.79. The van der Waals surface area contributed by atoms with Gasteiger partial charge < -0.3 is 19.3 Å². The number of methoxy groups -OCH3 is 2. The zero-order valence-corrected chi connectivity index (χ0v) is 11.5. The van der Waals surface area contributed by atoms with Gasteiger partial charge in [0, 0.05) is 6.42 Å². The molecule has 1 N–H and O–H groups in total. The Morgan fingerprint density at radius 2 is 2.05 bits per heavy atom. The molecular formula is C14H20O5. The molecule has 0 saturated carbocycles. The maximum Gasteiger partial charge on any atom is 0.305 e. The lowest BCUT2D eigenvalue weighted by Gasteiger charge is -2.13. The van der Waals surface area contributed by atoms with Crippen molar-refractivity contribution in [2.24, 2.45) is 0 Å². The van der Waals surface area contributed by atoms with E-state index in [0.29, 0.717) is 30.9 Å². The maximum atomic E-state index is 10.9. The fourth-order valence-electron chi connectivity index (χ4n) is 1.56. The predicted molar refractivity (Wildman–Crippen MR) is 70.4 cm³/mol. The van der Waals surface area contributed by atoms with Gasteiger partial charge >= 0.3 is 5.97 Å². The molecule has 0 bridgehead atoms. The van der Waals surface area contributed by atoms with E-state index in [0.717, 1.165) is 5.56 Å². The summed E-state index contributed by atoms with van der Waals surface area (Å²) in [4.78, 5) is 10.9. The highest BCUT2D eigenvalue weighted by molar-refractivity contribution is 5.69. The Balaban J connectivity index is 2.56. The number of hydrogen-bond acceptors (Lipinski definition) is 5. The average Bonchev–Trinajstić information content (AvgIpc) is 2.42. The van der Waals surface area contributed by atoms with Gasteiger partial charge in [0.15, 0.2) is 11.5 Å².